The molecule has 0 bridgehead atoms. The highest BCUT2D eigenvalue weighted by molar-refractivity contribution is 7.26. The Balaban J connectivity index is 0.996. The Hall–Kier alpha value is -9.90. The Morgan fingerprint density at radius 3 is 1.42 bits per heavy atom. The molecule has 0 aliphatic carbocycles. The van der Waals surface area contributed by atoms with Gasteiger partial charge >= 0.3 is 0 Å². The van der Waals surface area contributed by atoms with Gasteiger partial charge in [0.05, 0.1) is 34.2 Å². The van der Waals surface area contributed by atoms with Gasteiger partial charge in [-0.25, -0.2) is 4.85 Å². The van der Waals surface area contributed by atoms with Gasteiger partial charge in [-0.1, -0.05) is 148 Å². The molecule has 11 aromatic carbocycles. The lowest BCUT2D eigenvalue weighted by Gasteiger charge is -2.45. The molecule has 15 aromatic rings. The molecular formula is C72H45BN6S2. The quantitative estimate of drug-likeness (QED) is 0.130. The summed E-state index contributed by atoms with van der Waals surface area (Å²) in [6.45, 7) is 15.3. The molecule has 81 heavy (non-hydrogen) atoms. The highest BCUT2D eigenvalue weighted by Crippen LogP contribution is 2.50. The van der Waals surface area contributed by atoms with Gasteiger partial charge < -0.3 is 18.9 Å². The number of hydrogen-bond donors (Lipinski definition) is 0. The molecule has 9 heteroatoms. The van der Waals surface area contributed by atoms with Gasteiger partial charge in [0, 0.05) is 102 Å². The Morgan fingerprint density at radius 2 is 0.889 bits per heavy atom. The van der Waals surface area contributed by atoms with Gasteiger partial charge in [-0.3, -0.25) is 0 Å². The third-order valence-electron chi connectivity index (χ3n) is 17.3. The molecule has 0 fully saturated rings. The minimum Gasteiger partial charge on any atom is -0.319 e. The molecule has 0 radical (unpaired) electrons. The van der Waals surface area contributed by atoms with Crippen LogP contribution in [0.25, 0.3) is 100 Å². The van der Waals surface area contributed by atoms with Crippen LogP contribution in [0.1, 0.15) is 31.9 Å². The van der Waals surface area contributed by atoms with Crippen molar-refractivity contribution in [2.45, 2.75) is 26.2 Å². The lowest BCUT2D eigenvalue weighted by molar-refractivity contribution is 0.590. The van der Waals surface area contributed by atoms with Crippen molar-refractivity contribution in [1.82, 2.24) is 9.13 Å². The van der Waals surface area contributed by atoms with E-state index in [1.165, 1.54) is 62.3 Å². The monoisotopic (exact) mass is 1070 g/mol. The lowest BCUT2D eigenvalue weighted by Crippen LogP contribution is -2.61. The summed E-state index contributed by atoms with van der Waals surface area (Å²) in [7, 11) is 0. The van der Waals surface area contributed by atoms with E-state index in [4.69, 9.17) is 6.57 Å². The van der Waals surface area contributed by atoms with Gasteiger partial charge in [0.2, 0.25) is 5.69 Å². The fourth-order valence-electron chi connectivity index (χ4n) is 13.7. The number of nitriles is 1. The normalized spacial score (nSPS) is 13.0. The van der Waals surface area contributed by atoms with Crippen LogP contribution in [-0.2, 0) is 5.41 Å². The number of anilines is 6. The van der Waals surface area contributed by atoms with E-state index in [2.05, 4.69) is 245 Å². The zero-order valence-corrected chi connectivity index (χ0v) is 46.0. The SMILES string of the molecule is [C-]#[N+]c1cccc2c3ccccc3n(-c3ccc4c(c3)N(c3ccc5c(c3)sc3ccccc35)c3cc(C(C)(C)C)cc5c3B4c3ccc(-n4c6ccccc6c6cccc(C#N)c64)cc3N5c3ccc4c(c3)sc3ccccc34)c12. The number of nitrogens with zero attached hydrogens (tertiary/aromatic N) is 6. The van der Waals surface area contributed by atoms with Crippen LogP contribution in [0.2, 0.25) is 0 Å². The van der Waals surface area contributed by atoms with Gasteiger partial charge in [-0.2, -0.15) is 5.26 Å². The summed E-state index contributed by atoms with van der Waals surface area (Å²) in [5.74, 6) is 0. The molecule has 4 aromatic heterocycles. The molecule has 0 amide bonds. The van der Waals surface area contributed by atoms with Crippen molar-refractivity contribution < 1.29 is 0 Å². The summed E-state index contributed by atoms with van der Waals surface area (Å²) in [4.78, 5) is 9.23. The lowest BCUT2D eigenvalue weighted by atomic mass is 9.33. The maximum Gasteiger partial charge on any atom is 0.252 e. The van der Waals surface area contributed by atoms with Crippen molar-refractivity contribution in [2.75, 3.05) is 9.80 Å². The molecule has 0 saturated heterocycles. The molecule has 6 nitrogen and oxygen atoms in total. The Labute approximate surface area is 475 Å². The topological polar surface area (TPSA) is 44.5 Å². The van der Waals surface area contributed by atoms with Crippen molar-refractivity contribution in [2.24, 2.45) is 0 Å². The van der Waals surface area contributed by atoms with Crippen LogP contribution in [0.5, 0.6) is 0 Å². The third-order valence-corrected chi connectivity index (χ3v) is 19.5. The zero-order valence-electron chi connectivity index (χ0n) is 44.4. The third kappa shape index (κ3) is 6.47. The number of aromatic nitrogens is 2. The predicted octanol–water partition coefficient (Wildman–Crippen LogP) is 18.4. The van der Waals surface area contributed by atoms with Gasteiger partial charge in [-0.15, -0.1) is 22.7 Å². The smallest absolute Gasteiger partial charge is 0.252 e. The van der Waals surface area contributed by atoms with Crippen LogP contribution in [0.4, 0.5) is 39.8 Å². The van der Waals surface area contributed by atoms with Crippen LogP contribution in [0.3, 0.4) is 0 Å². The van der Waals surface area contributed by atoms with E-state index in [1.54, 1.807) is 0 Å². The summed E-state index contributed by atoms with van der Waals surface area (Å²) in [5.41, 5.74) is 18.4. The van der Waals surface area contributed by atoms with E-state index in [0.717, 1.165) is 89.1 Å². The van der Waals surface area contributed by atoms with Gasteiger partial charge in [0.15, 0.2) is 0 Å². The number of benzene rings is 11. The van der Waals surface area contributed by atoms with Crippen molar-refractivity contribution in [1.29, 1.82) is 5.26 Å². The average Bonchev–Trinajstić information content (AvgIpc) is 3.59. The predicted molar refractivity (Wildman–Crippen MR) is 345 cm³/mol. The van der Waals surface area contributed by atoms with Gasteiger partial charge in [0.1, 0.15) is 6.07 Å². The Morgan fingerprint density at radius 1 is 0.432 bits per heavy atom. The minimum atomic E-state index is -0.247. The standard InChI is InChI=1S/C72H45BN6S2/c1-72(2,3)43-35-63-69-64(36-43)77(47-28-32-53-51-19-8-12-26-66(51)81-68(53)40-47)62-38-45(79-60-24-10-6-17-49(60)55-21-14-22-58(75-4)71(55)79)30-34-57(62)73(69)56-33-29-44(78-59-23-9-5-16-48(59)54-20-13-15-42(41-74)70(54)78)37-61(56)76(63)46-27-31-52-50-18-7-11-25-65(50)80-67(52)39-46/h5-40H,1-3H3. The second kappa shape index (κ2) is 16.8. The first-order chi connectivity index (χ1) is 39.7. The minimum absolute atomic E-state index is 0.185. The van der Waals surface area contributed by atoms with Crippen molar-refractivity contribution in [3.8, 4) is 17.4 Å². The molecule has 0 unspecified atom stereocenters. The van der Waals surface area contributed by atoms with Crippen LogP contribution < -0.4 is 26.2 Å². The number of thiophene rings is 2. The molecule has 0 spiro atoms. The highest BCUT2D eigenvalue weighted by Gasteiger charge is 2.45. The Bertz CT molecular complexity index is 5040. The molecule has 0 N–H and O–H groups in total. The number of rotatable bonds is 4. The van der Waals surface area contributed by atoms with Crippen molar-refractivity contribution in [3.63, 3.8) is 0 Å². The summed E-state index contributed by atoms with van der Waals surface area (Å²) >= 11 is 3.69. The summed E-state index contributed by atoms with van der Waals surface area (Å²) in [5, 5.41) is 20.1. The fourth-order valence-corrected chi connectivity index (χ4v) is 16.0. The molecule has 0 atom stereocenters. The first-order valence-corrected chi connectivity index (χ1v) is 29.1. The van der Waals surface area contributed by atoms with Crippen LogP contribution >= 0.6 is 22.7 Å². The maximum atomic E-state index is 10.8. The zero-order chi connectivity index (χ0) is 54.0. The second-order valence-corrected chi connectivity index (χ2v) is 24.8. The second-order valence-electron chi connectivity index (χ2n) is 22.6. The first-order valence-electron chi connectivity index (χ1n) is 27.4. The molecule has 0 saturated carbocycles. The van der Waals surface area contributed by atoms with E-state index in [9.17, 15) is 5.26 Å². The molecule has 2 aliphatic heterocycles. The number of hydrogen-bond acceptors (Lipinski definition) is 5. The summed E-state index contributed by atoms with van der Waals surface area (Å²) in [6.07, 6.45) is 0. The maximum absolute atomic E-state index is 10.8. The first kappa shape index (κ1) is 46.1. The van der Waals surface area contributed by atoms with E-state index < -0.39 is 0 Å². The molecule has 6 heterocycles. The van der Waals surface area contributed by atoms with E-state index in [0.29, 0.717) is 11.3 Å². The van der Waals surface area contributed by atoms with Crippen molar-refractivity contribution >= 4 is 170 Å². The van der Waals surface area contributed by atoms with Crippen LogP contribution in [0.15, 0.2) is 218 Å². The average molecular weight is 1070 g/mol. The fraction of sp³-hybridized carbons (Fsp3) is 0.0556. The van der Waals surface area contributed by atoms with Crippen molar-refractivity contribution in [3.05, 3.63) is 241 Å². The van der Waals surface area contributed by atoms with Crippen LogP contribution in [-0.4, -0.2) is 15.8 Å². The number of fused-ring (bicyclic) bond motifs is 16. The van der Waals surface area contributed by atoms with Gasteiger partial charge in [-0.05, 0) is 124 Å². The number of para-hydroxylation sites is 4. The van der Waals surface area contributed by atoms with E-state index in [1.807, 2.05) is 46.9 Å². The molecule has 17 rings (SSSR count). The van der Waals surface area contributed by atoms with E-state index in [-0.39, 0.29) is 12.1 Å². The largest absolute Gasteiger partial charge is 0.319 e. The molecule has 2 aliphatic rings. The highest BCUT2D eigenvalue weighted by atomic mass is 32.1. The van der Waals surface area contributed by atoms with Gasteiger partial charge in [0.25, 0.3) is 6.71 Å². The Kier molecular flexibility index (Phi) is 9.56. The molecule has 378 valence electrons. The van der Waals surface area contributed by atoms with Crippen LogP contribution in [0, 0.1) is 17.9 Å². The molecular weight excluding hydrogens is 1020 g/mol. The summed E-state index contributed by atoms with van der Waals surface area (Å²) < 4.78 is 9.63. The van der Waals surface area contributed by atoms with E-state index >= 15 is 0 Å². The summed E-state index contributed by atoms with van der Waals surface area (Å²) in [6, 6.07) is 82.5.